The van der Waals surface area contributed by atoms with Gasteiger partial charge in [-0.25, -0.2) is 4.99 Å². The highest BCUT2D eigenvalue weighted by atomic mass is 15.1. The highest BCUT2D eigenvalue weighted by Crippen LogP contribution is 2.38. The Bertz CT molecular complexity index is 1050. The molecule has 27 heavy (non-hydrogen) atoms. The van der Waals surface area contributed by atoms with Crippen LogP contribution in [0.2, 0.25) is 0 Å². The molecule has 0 aliphatic rings. The van der Waals surface area contributed by atoms with Crippen LogP contribution in [0.4, 0.5) is 22.9 Å². The van der Waals surface area contributed by atoms with Crippen LogP contribution in [-0.4, -0.2) is 11.2 Å². The zero-order valence-electron chi connectivity index (χ0n) is 15.3. The molecule has 4 aromatic rings. The topological polar surface area (TPSA) is 31.4 Å². The van der Waals surface area contributed by atoms with Crippen molar-refractivity contribution in [1.82, 2.24) is 4.98 Å². The molecular weight excluding hydrogens is 330 g/mol. The molecule has 3 aromatic carbocycles. The molecule has 0 fully saturated rings. The van der Waals surface area contributed by atoms with Crippen LogP contribution in [-0.2, 0) is 0 Å². The molecule has 3 heteroatoms. The van der Waals surface area contributed by atoms with Crippen molar-refractivity contribution >= 4 is 46.1 Å². The fourth-order valence-electron chi connectivity index (χ4n) is 3.36. The first-order chi connectivity index (χ1) is 13.3. The lowest BCUT2D eigenvalue weighted by atomic mass is 10.1. The molecule has 3 nitrogen and oxygen atoms in total. The summed E-state index contributed by atoms with van der Waals surface area (Å²) in [6.07, 6.45) is 3.65. The van der Waals surface area contributed by atoms with Gasteiger partial charge in [-0.15, -0.1) is 0 Å². The molecule has 0 unspecified atom stereocenters. The van der Waals surface area contributed by atoms with Gasteiger partial charge in [-0.3, -0.25) is 0 Å². The zero-order chi connectivity index (χ0) is 18.6. The van der Waals surface area contributed by atoms with Crippen LogP contribution >= 0.6 is 0 Å². The summed E-state index contributed by atoms with van der Waals surface area (Å²) in [5, 5.41) is 1.11. The maximum atomic E-state index is 4.44. The molecule has 0 amide bonds. The summed E-state index contributed by atoms with van der Waals surface area (Å²) in [7, 11) is 0. The highest BCUT2D eigenvalue weighted by Gasteiger charge is 2.15. The van der Waals surface area contributed by atoms with Crippen molar-refractivity contribution in [3.8, 4) is 0 Å². The standard InChI is InChI=1S/C24H21N3/c1-3-21-22-17-20(15-16-23(22)26-24(21)25-4-2)27(18-11-7-5-8-12-18)19-13-9-6-10-14-19/h3-17,26H,1H2,2H3. The van der Waals surface area contributed by atoms with Gasteiger partial charge < -0.3 is 9.88 Å². The molecule has 1 N–H and O–H groups in total. The van der Waals surface area contributed by atoms with Gasteiger partial charge in [0.05, 0.1) is 0 Å². The summed E-state index contributed by atoms with van der Waals surface area (Å²) in [5.74, 6) is 0.839. The average Bonchev–Trinajstić information content (AvgIpc) is 3.06. The lowest BCUT2D eigenvalue weighted by Gasteiger charge is -2.25. The summed E-state index contributed by atoms with van der Waals surface area (Å²) < 4.78 is 0. The Labute approximate surface area is 159 Å². The maximum absolute atomic E-state index is 4.44. The normalized spacial score (nSPS) is 11.1. The van der Waals surface area contributed by atoms with Crippen LogP contribution in [0.25, 0.3) is 17.0 Å². The van der Waals surface area contributed by atoms with Crippen LogP contribution in [0.5, 0.6) is 0 Å². The molecule has 132 valence electrons. The minimum atomic E-state index is 0.839. The number of aromatic nitrogens is 1. The van der Waals surface area contributed by atoms with E-state index in [4.69, 9.17) is 0 Å². The van der Waals surface area contributed by atoms with Crippen molar-refractivity contribution in [2.75, 3.05) is 4.90 Å². The Morgan fingerprint density at radius 3 is 2.04 bits per heavy atom. The quantitative estimate of drug-likeness (QED) is 0.385. The maximum Gasteiger partial charge on any atom is 0.137 e. The van der Waals surface area contributed by atoms with Gasteiger partial charge >= 0.3 is 0 Å². The largest absolute Gasteiger partial charge is 0.339 e. The number of rotatable bonds is 5. The molecule has 4 rings (SSSR count). The Morgan fingerprint density at radius 1 is 0.852 bits per heavy atom. The molecule has 0 saturated carbocycles. The number of aliphatic imine (C=N–C) groups is 1. The van der Waals surface area contributed by atoms with Crippen molar-refractivity contribution in [2.45, 2.75) is 6.92 Å². The molecule has 0 saturated heterocycles. The van der Waals surface area contributed by atoms with Gasteiger partial charge in [-0.2, -0.15) is 0 Å². The summed E-state index contributed by atoms with van der Waals surface area (Å²) in [6.45, 7) is 5.89. The first kappa shape index (κ1) is 16.9. The van der Waals surface area contributed by atoms with Crippen molar-refractivity contribution in [2.24, 2.45) is 4.99 Å². The van der Waals surface area contributed by atoms with E-state index in [0.29, 0.717) is 0 Å². The Kier molecular flexibility index (Phi) is 4.58. The number of nitrogens with zero attached hydrogens (tertiary/aromatic N) is 2. The summed E-state index contributed by atoms with van der Waals surface area (Å²) in [4.78, 5) is 10.1. The van der Waals surface area contributed by atoms with E-state index in [1.54, 1.807) is 6.21 Å². The Hall–Kier alpha value is -3.59. The molecular formula is C24H21N3. The van der Waals surface area contributed by atoms with Crippen LogP contribution < -0.4 is 4.90 Å². The first-order valence-corrected chi connectivity index (χ1v) is 8.99. The monoisotopic (exact) mass is 351 g/mol. The third kappa shape index (κ3) is 3.15. The van der Waals surface area contributed by atoms with E-state index < -0.39 is 0 Å². The number of hydrogen-bond donors (Lipinski definition) is 1. The van der Waals surface area contributed by atoms with Gasteiger partial charge in [-0.1, -0.05) is 49.1 Å². The molecule has 0 aliphatic heterocycles. The zero-order valence-corrected chi connectivity index (χ0v) is 15.3. The van der Waals surface area contributed by atoms with E-state index in [1.807, 2.05) is 25.1 Å². The van der Waals surface area contributed by atoms with Gasteiger partial charge in [0, 0.05) is 39.7 Å². The second-order valence-electron chi connectivity index (χ2n) is 6.22. The summed E-state index contributed by atoms with van der Waals surface area (Å²) in [5.41, 5.74) is 5.39. The number of nitrogens with one attached hydrogen (secondary N) is 1. The van der Waals surface area contributed by atoms with E-state index in [2.05, 4.69) is 88.2 Å². The third-order valence-electron chi connectivity index (χ3n) is 4.55. The summed E-state index contributed by atoms with van der Waals surface area (Å²) in [6, 6.07) is 27.2. The lowest BCUT2D eigenvalue weighted by molar-refractivity contribution is 1.29. The van der Waals surface area contributed by atoms with Crippen molar-refractivity contribution in [3.05, 3.63) is 91.0 Å². The molecule has 0 aliphatic carbocycles. The molecule has 1 aromatic heterocycles. The van der Waals surface area contributed by atoms with Crippen LogP contribution in [0.1, 0.15) is 12.5 Å². The SMILES string of the molecule is C=Cc1c(N=CC)[nH]c2ccc(N(c3ccccc3)c3ccccc3)cc12. The van der Waals surface area contributed by atoms with Gasteiger partial charge in [0.25, 0.3) is 0 Å². The number of para-hydroxylation sites is 2. The van der Waals surface area contributed by atoms with Gasteiger partial charge in [0.2, 0.25) is 0 Å². The predicted octanol–water partition coefficient (Wildman–Crippen LogP) is 7.00. The minimum absolute atomic E-state index is 0.839. The van der Waals surface area contributed by atoms with Crippen molar-refractivity contribution < 1.29 is 0 Å². The third-order valence-corrected chi connectivity index (χ3v) is 4.55. The number of fused-ring (bicyclic) bond motifs is 1. The van der Waals surface area contributed by atoms with Crippen molar-refractivity contribution in [3.63, 3.8) is 0 Å². The van der Waals surface area contributed by atoms with Crippen molar-refractivity contribution in [1.29, 1.82) is 0 Å². The fraction of sp³-hybridized carbons (Fsp3) is 0.0417. The van der Waals surface area contributed by atoms with E-state index in [1.165, 1.54) is 0 Å². The molecule has 1 heterocycles. The van der Waals surface area contributed by atoms with Gasteiger partial charge in [0.15, 0.2) is 0 Å². The second kappa shape index (κ2) is 7.34. The number of H-pyrrole nitrogens is 1. The fourth-order valence-corrected chi connectivity index (χ4v) is 3.36. The second-order valence-corrected chi connectivity index (χ2v) is 6.22. The van der Waals surface area contributed by atoms with E-state index in [9.17, 15) is 0 Å². The number of hydrogen-bond acceptors (Lipinski definition) is 2. The van der Waals surface area contributed by atoms with E-state index in [-0.39, 0.29) is 0 Å². The number of aromatic amines is 1. The molecule has 0 radical (unpaired) electrons. The van der Waals surface area contributed by atoms with E-state index in [0.717, 1.165) is 39.3 Å². The summed E-state index contributed by atoms with van der Waals surface area (Å²) >= 11 is 0. The number of benzene rings is 3. The molecule has 0 atom stereocenters. The van der Waals surface area contributed by atoms with Gasteiger partial charge in [0.1, 0.15) is 5.82 Å². The smallest absolute Gasteiger partial charge is 0.137 e. The lowest BCUT2D eigenvalue weighted by Crippen LogP contribution is -2.09. The Balaban J connectivity index is 1.92. The van der Waals surface area contributed by atoms with Crippen LogP contribution in [0, 0.1) is 0 Å². The molecule has 0 bridgehead atoms. The number of anilines is 3. The predicted molar refractivity (Wildman–Crippen MR) is 117 cm³/mol. The minimum Gasteiger partial charge on any atom is -0.339 e. The average molecular weight is 351 g/mol. The van der Waals surface area contributed by atoms with Gasteiger partial charge in [-0.05, 0) is 49.4 Å². The highest BCUT2D eigenvalue weighted by molar-refractivity contribution is 5.97. The van der Waals surface area contributed by atoms with E-state index >= 15 is 0 Å². The molecule has 0 spiro atoms. The van der Waals surface area contributed by atoms with Crippen LogP contribution in [0.3, 0.4) is 0 Å². The van der Waals surface area contributed by atoms with Crippen LogP contribution in [0.15, 0.2) is 90.4 Å². The first-order valence-electron chi connectivity index (χ1n) is 8.99. The Morgan fingerprint density at radius 2 is 1.48 bits per heavy atom.